The molecule has 2 aromatic carbocycles. The Morgan fingerprint density at radius 2 is 1.78 bits per heavy atom. The molecule has 1 N–H and O–H groups in total. The van der Waals surface area contributed by atoms with Crippen LogP contribution in [0.5, 0.6) is 0 Å². The topological polar surface area (TPSA) is 49.4 Å². The van der Waals surface area contributed by atoms with E-state index in [1.54, 1.807) is 16.7 Å². The average molecular weight is 473 g/mol. The monoisotopic (exact) mass is 472 g/mol. The van der Waals surface area contributed by atoms with Crippen LogP contribution in [-0.2, 0) is 16.0 Å². The van der Waals surface area contributed by atoms with Crippen LogP contribution in [0.25, 0.3) is 0 Å². The van der Waals surface area contributed by atoms with Crippen LogP contribution >= 0.6 is 23.4 Å². The molecule has 1 fully saturated rings. The van der Waals surface area contributed by atoms with Crippen molar-refractivity contribution in [1.82, 2.24) is 10.2 Å². The molecule has 4 nitrogen and oxygen atoms in total. The number of nitrogens with one attached hydrogen (secondary N) is 1. The Morgan fingerprint density at radius 1 is 1.09 bits per heavy atom. The lowest BCUT2D eigenvalue weighted by Crippen LogP contribution is -2.51. The number of benzene rings is 2. The summed E-state index contributed by atoms with van der Waals surface area (Å²) >= 11 is 7.59. The molecule has 1 saturated carbocycles. The fourth-order valence-electron chi connectivity index (χ4n) is 4.19. The number of amides is 2. The van der Waals surface area contributed by atoms with Crippen molar-refractivity contribution in [3.63, 3.8) is 0 Å². The van der Waals surface area contributed by atoms with Gasteiger partial charge in [0.25, 0.3) is 0 Å². The smallest absolute Gasteiger partial charge is 0.243 e. The fourth-order valence-corrected chi connectivity index (χ4v) is 5.16. The number of thioether (sulfide) groups is 1. The normalized spacial score (nSPS) is 14.8. The van der Waals surface area contributed by atoms with Gasteiger partial charge in [0.15, 0.2) is 0 Å². The number of carbonyl (C=O) groups excluding carboxylic acids is 2. The number of nitrogens with zero attached hydrogens (tertiary/aromatic N) is 1. The first kappa shape index (κ1) is 24.7. The van der Waals surface area contributed by atoms with Gasteiger partial charge in [-0.1, -0.05) is 61.7 Å². The lowest BCUT2D eigenvalue weighted by atomic mass is 10.1. The second-order valence-corrected chi connectivity index (χ2v) is 9.89. The Balaban J connectivity index is 1.63. The summed E-state index contributed by atoms with van der Waals surface area (Å²) in [6, 6.07) is 17.6. The standard InChI is InChI=1S/C26H33ClN2O2S/c1-2-24(26(31)28-22-10-6-7-11-22)29(18-16-20-8-4-3-5-9-20)25(30)17-19-32-23-14-12-21(27)13-15-23/h3-5,8-9,12-15,22,24H,2,6-7,10-11,16-19H2,1H3,(H,28,31). The molecular weight excluding hydrogens is 440 g/mol. The van der Waals surface area contributed by atoms with Crippen LogP contribution in [0.1, 0.15) is 51.0 Å². The van der Waals surface area contributed by atoms with E-state index in [1.165, 1.54) is 18.4 Å². The van der Waals surface area contributed by atoms with Crippen molar-refractivity contribution >= 4 is 35.2 Å². The second-order valence-electron chi connectivity index (χ2n) is 8.29. The molecule has 2 amide bonds. The highest BCUT2D eigenvalue weighted by Crippen LogP contribution is 2.22. The summed E-state index contributed by atoms with van der Waals surface area (Å²) in [5, 5.41) is 3.91. The predicted octanol–water partition coefficient (Wildman–Crippen LogP) is 5.73. The Labute approximate surface area is 201 Å². The Morgan fingerprint density at radius 3 is 2.44 bits per heavy atom. The number of carbonyl (C=O) groups is 2. The molecule has 0 spiro atoms. The molecule has 2 aromatic rings. The highest BCUT2D eigenvalue weighted by atomic mass is 35.5. The van der Waals surface area contributed by atoms with Crippen molar-refractivity contribution in [3.05, 3.63) is 65.2 Å². The van der Waals surface area contributed by atoms with Gasteiger partial charge in [0, 0.05) is 34.7 Å². The zero-order valence-corrected chi connectivity index (χ0v) is 20.3. The minimum atomic E-state index is -0.424. The maximum absolute atomic E-state index is 13.3. The van der Waals surface area contributed by atoms with Gasteiger partial charge in [-0.05, 0) is 55.5 Å². The second kappa shape index (κ2) is 12.9. The lowest BCUT2D eigenvalue weighted by Gasteiger charge is -2.31. The first-order valence-electron chi connectivity index (χ1n) is 11.6. The van der Waals surface area contributed by atoms with Gasteiger partial charge in [0.1, 0.15) is 6.04 Å². The van der Waals surface area contributed by atoms with Crippen molar-refractivity contribution in [3.8, 4) is 0 Å². The summed E-state index contributed by atoms with van der Waals surface area (Å²) in [5.74, 6) is 0.699. The van der Waals surface area contributed by atoms with E-state index in [9.17, 15) is 9.59 Å². The Bertz CT molecular complexity index is 854. The van der Waals surface area contributed by atoms with Crippen LogP contribution in [-0.4, -0.2) is 41.1 Å². The molecule has 0 radical (unpaired) electrons. The summed E-state index contributed by atoms with van der Waals surface area (Å²) < 4.78 is 0. The van der Waals surface area contributed by atoms with Crippen LogP contribution < -0.4 is 5.32 Å². The zero-order valence-electron chi connectivity index (χ0n) is 18.8. The maximum Gasteiger partial charge on any atom is 0.243 e. The van der Waals surface area contributed by atoms with Crippen LogP contribution in [0.4, 0.5) is 0 Å². The van der Waals surface area contributed by atoms with Crippen molar-refractivity contribution in [2.24, 2.45) is 0 Å². The Kier molecular flexibility index (Phi) is 9.94. The molecule has 0 bridgehead atoms. The predicted molar refractivity (Wildman–Crippen MR) is 133 cm³/mol. The minimum Gasteiger partial charge on any atom is -0.352 e. The molecule has 0 saturated heterocycles. The van der Waals surface area contributed by atoms with Gasteiger partial charge < -0.3 is 10.2 Å². The van der Waals surface area contributed by atoms with Crippen LogP contribution in [0.15, 0.2) is 59.5 Å². The average Bonchev–Trinajstić information content (AvgIpc) is 3.31. The third-order valence-corrected chi connectivity index (χ3v) is 7.24. The first-order chi connectivity index (χ1) is 15.6. The van der Waals surface area contributed by atoms with E-state index in [-0.39, 0.29) is 17.9 Å². The van der Waals surface area contributed by atoms with Gasteiger partial charge in [-0.3, -0.25) is 9.59 Å². The fraction of sp³-hybridized carbons (Fsp3) is 0.462. The molecule has 32 heavy (non-hydrogen) atoms. The van der Waals surface area contributed by atoms with Crippen LogP contribution in [0.3, 0.4) is 0 Å². The lowest BCUT2D eigenvalue weighted by molar-refractivity contribution is -0.140. The molecule has 0 aromatic heterocycles. The SMILES string of the molecule is CCC(C(=O)NC1CCCC1)N(CCc1ccccc1)C(=O)CCSc1ccc(Cl)cc1. The quantitative estimate of drug-likeness (QED) is 0.425. The molecular formula is C26H33ClN2O2S. The summed E-state index contributed by atoms with van der Waals surface area (Å²) in [5.41, 5.74) is 1.17. The molecule has 0 aliphatic heterocycles. The van der Waals surface area contributed by atoms with Crippen molar-refractivity contribution in [2.45, 2.75) is 68.8 Å². The van der Waals surface area contributed by atoms with E-state index in [4.69, 9.17) is 11.6 Å². The van der Waals surface area contributed by atoms with Gasteiger partial charge in [-0.25, -0.2) is 0 Å². The molecule has 1 aliphatic rings. The zero-order chi connectivity index (χ0) is 22.8. The van der Waals surface area contributed by atoms with Gasteiger partial charge in [0.2, 0.25) is 11.8 Å². The maximum atomic E-state index is 13.3. The van der Waals surface area contributed by atoms with Gasteiger partial charge in [-0.2, -0.15) is 0 Å². The number of halogens is 1. The van der Waals surface area contributed by atoms with E-state index in [0.717, 1.165) is 24.2 Å². The minimum absolute atomic E-state index is 0.00818. The van der Waals surface area contributed by atoms with Gasteiger partial charge >= 0.3 is 0 Å². The Hall–Kier alpha value is -1.98. The third-order valence-electron chi connectivity index (χ3n) is 5.97. The van der Waals surface area contributed by atoms with Crippen LogP contribution in [0, 0.1) is 0 Å². The van der Waals surface area contributed by atoms with Crippen molar-refractivity contribution in [1.29, 1.82) is 0 Å². The highest BCUT2D eigenvalue weighted by molar-refractivity contribution is 7.99. The third kappa shape index (κ3) is 7.56. The highest BCUT2D eigenvalue weighted by Gasteiger charge is 2.30. The van der Waals surface area contributed by atoms with E-state index in [0.29, 0.717) is 30.2 Å². The summed E-state index contributed by atoms with van der Waals surface area (Å²) in [6.07, 6.45) is 6.17. The van der Waals surface area contributed by atoms with E-state index >= 15 is 0 Å². The van der Waals surface area contributed by atoms with E-state index < -0.39 is 6.04 Å². The number of rotatable bonds is 11. The number of hydrogen-bond acceptors (Lipinski definition) is 3. The van der Waals surface area contributed by atoms with Gasteiger partial charge in [-0.15, -0.1) is 11.8 Å². The summed E-state index contributed by atoms with van der Waals surface area (Å²) in [4.78, 5) is 29.2. The molecule has 1 aliphatic carbocycles. The summed E-state index contributed by atoms with van der Waals surface area (Å²) in [6.45, 7) is 2.54. The molecule has 1 atom stereocenters. The molecule has 3 rings (SSSR count). The van der Waals surface area contributed by atoms with E-state index in [2.05, 4.69) is 17.4 Å². The van der Waals surface area contributed by atoms with Crippen molar-refractivity contribution in [2.75, 3.05) is 12.3 Å². The molecule has 0 heterocycles. The van der Waals surface area contributed by atoms with Crippen molar-refractivity contribution < 1.29 is 9.59 Å². The van der Waals surface area contributed by atoms with Gasteiger partial charge in [0.05, 0.1) is 0 Å². The number of hydrogen-bond donors (Lipinski definition) is 1. The molecule has 1 unspecified atom stereocenters. The molecule has 6 heteroatoms. The van der Waals surface area contributed by atoms with Crippen LogP contribution in [0.2, 0.25) is 5.02 Å². The van der Waals surface area contributed by atoms with E-state index in [1.807, 2.05) is 49.4 Å². The first-order valence-corrected chi connectivity index (χ1v) is 12.9. The molecule has 172 valence electrons. The largest absolute Gasteiger partial charge is 0.352 e. The summed E-state index contributed by atoms with van der Waals surface area (Å²) in [7, 11) is 0.